The summed E-state index contributed by atoms with van der Waals surface area (Å²) in [5.41, 5.74) is 3.53. The molecule has 1 saturated heterocycles. The van der Waals surface area contributed by atoms with Gasteiger partial charge in [-0.1, -0.05) is 12.1 Å². The fraction of sp³-hybridized carbons (Fsp3) is 0.300. The average molecular weight is 364 g/mol. The summed E-state index contributed by atoms with van der Waals surface area (Å²) >= 11 is 1.68. The Morgan fingerprint density at radius 2 is 1.46 bits per heavy atom. The van der Waals surface area contributed by atoms with Crippen LogP contribution < -0.4 is 5.46 Å². The zero-order valence-electron chi connectivity index (χ0n) is 15.4. The van der Waals surface area contributed by atoms with E-state index in [4.69, 9.17) is 9.31 Å². The van der Waals surface area contributed by atoms with Crippen molar-refractivity contribution < 1.29 is 9.31 Å². The molecule has 0 bridgehead atoms. The zero-order valence-corrected chi connectivity index (χ0v) is 16.2. The average Bonchev–Trinajstić information content (AvgIpc) is 3.15. The molecule has 132 valence electrons. The zero-order chi connectivity index (χ0) is 18.4. The molecule has 4 rings (SSSR count). The van der Waals surface area contributed by atoms with Gasteiger partial charge >= 0.3 is 7.12 Å². The first-order chi connectivity index (χ1) is 12.4. The van der Waals surface area contributed by atoms with E-state index in [0.29, 0.717) is 0 Å². The molecule has 0 spiro atoms. The standard InChI is InChI=1S/C20H21BN2O2S/c1-19(2)20(3,4)25-21(24-19)16-13-26-18(15-8-6-10-23-12-15)17(16)14-7-5-9-22-11-14/h5-13H,1-4H3. The van der Waals surface area contributed by atoms with E-state index in [2.05, 4.69) is 55.2 Å². The predicted molar refractivity (Wildman–Crippen MR) is 106 cm³/mol. The highest BCUT2D eigenvalue weighted by molar-refractivity contribution is 7.15. The number of nitrogens with zero attached hydrogens (tertiary/aromatic N) is 2. The highest BCUT2D eigenvalue weighted by atomic mass is 32.1. The summed E-state index contributed by atoms with van der Waals surface area (Å²) in [5, 5.41) is 2.13. The van der Waals surface area contributed by atoms with Gasteiger partial charge in [0.25, 0.3) is 0 Å². The molecule has 0 radical (unpaired) electrons. The Morgan fingerprint density at radius 1 is 0.885 bits per heavy atom. The number of rotatable bonds is 3. The third-order valence-corrected chi connectivity index (χ3v) is 6.25. The maximum absolute atomic E-state index is 6.31. The van der Waals surface area contributed by atoms with Crippen LogP contribution in [0.4, 0.5) is 0 Å². The Labute approximate surface area is 158 Å². The van der Waals surface area contributed by atoms with Crippen LogP contribution in [0.15, 0.2) is 54.4 Å². The van der Waals surface area contributed by atoms with E-state index in [-0.39, 0.29) is 11.2 Å². The number of pyridine rings is 2. The van der Waals surface area contributed by atoms with E-state index < -0.39 is 7.12 Å². The monoisotopic (exact) mass is 364 g/mol. The molecule has 3 aromatic rings. The SMILES string of the molecule is CC1(C)OB(c2csc(-c3cccnc3)c2-c2cccnc2)OC1(C)C. The molecule has 0 aromatic carbocycles. The maximum Gasteiger partial charge on any atom is 0.496 e. The highest BCUT2D eigenvalue weighted by Crippen LogP contribution is 2.40. The topological polar surface area (TPSA) is 44.2 Å². The third kappa shape index (κ3) is 2.88. The van der Waals surface area contributed by atoms with E-state index >= 15 is 0 Å². The minimum absolute atomic E-state index is 0.375. The highest BCUT2D eigenvalue weighted by Gasteiger charge is 2.52. The Kier molecular flexibility index (Phi) is 4.22. The van der Waals surface area contributed by atoms with Crippen LogP contribution in [0.3, 0.4) is 0 Å². The van der Waals surface area contributed by atoms with Crippen molar-refractivity contribution in [2.24, 2.45) is 0 Å². The van der Waals surface area contributed by atoms with E-state index in [1.54, 1.807) is 23.7 Å². The van der Waals surface area contributed by atoms with Crippen LogP contribution in [0.1, 0.15) is 27.7 Å². The van der Waals surface area contributed by atoms with Gasteiger partial charge in [0.2, 0.25) is 0 Å². The second kappa shape index (κ2) is 6.30. The van der Waals surface area contributed by atoms with Gasteiger partial charge in [0, 0.05) is 51.8 Å². The number of hydrogen-bond acceptors (Lipinski definition) is 5. The largest absolute Gasteiger partial charge is 0.496 e. The van der Waals surface area contributed by atoms with E-state index in [1.807, 2.05) is 24.5 Å². The molecule has 0 atom stereocenters. The predicted octanol–water partition coefficient (Wildman–Crippen LogP) is 4.17. The Morgan fingerprint density at radius 3 is 2.00 bits per heavy atom. The molecule has 4 heterocycles. The van der Waals surface area contributed by atoms with E-state index in [1.165, 1.54) is 0 Å². The second-order valence-corrected chi connectivity index (χ2v) is 8.35. The van der Waals surface area contributed by atoms with Gasteiger partial charge in [0.15, 0.2) is 0 Å². The lowest BCUT2D eigenvalue weighted by molar-refractivity contribution is 0.00578. The van der Waals surface area contributed by atoms with Crippen molar-refractivity contribution in [3.63, 3.8) is 0 Å². The number of thiophene rings is 1. The van der Waals surface area contributed by atoms with Gasteiger partial charge in [-0.2, -0.15) is 0 Å². The lowest BCUT2D eigenvalue weighted by atomic mass is 9.76. The summed E-state index contributed by atoms with van der Waals surface area (Å²) in [6.07, 6.45) is 7.35. The van der Waals surface area contributed by atoms with Crippen molar-refractivity contribution in [2.45, 2.75) is 38.9 Å². The Balaban J connectivity index is 1.86. The summed E-state index contributed by atoms with van der Waals surface area (Å²) in [6, 6.07) is 8.06. The van der Waals surface area contributed by atoms with Gasteiger partial charge in [0.1, 0.15) is 0 Å². The molecule has 1 fully saturated rings. The third-order valence-electron chi connectivity index (χ3n) is 5.20. The quantitative estimate of drug-likeness (QED) is 0.655. The lowest BCUT2D eigenvalue weighted by Crippen LogP contribution is -2.41. The molecule has 26 heavy (non-hydrogen) atoms. The van der Waals surface area contributed by atoms with Gasteiger partial charge in [-0.3, -0.25) is 9.97 Å². The van der Waals surface area contributed by atoms with Crippen LogP contribution in [0.2, 0.25) is 0 Å². The van der Waals surface area contributed by atoms with Crippen molar-refractivity contribution in [1.82, 2.24) is 9.97 Å². The van der Waals surface area contributed by atoms with Crippen molar-refractivity contribution in [1.29, 1.82) is 0 Å². The molecule has 0 saturated carbocycles. The summed E-state index contributed by atoms with van der Waals surface area (Å²) in [6.45, 7) is 8.30. The second-order valence-electron chi connectivity index (χ2n) is 7.47. The van der Waals surface area contributed by atoms with Crippen LogP contribution in [-0.4, -0.2) is 28.3 Å². The fourth-order valence-electron chi connectivity index (χ4n) is 3.03. The molecule has 1 aliphatic rings. The van der Waals surface area contributed by atoms with Crippen molar-refractivity contribution >= 4 is 23.9 Å². The van der Waals surface area contributed by atoms with Gasteiger partial charge in [-0.05, 0) is 45.2 Å². The van der Waals surface area contributed by atoms with Crippen molar-refractivity contribution in [3.05, 3.63) is 54.4 Å². The number of hydrogen-bond donors (Lipinski definition) is 0. The lowest BCUT2D eigenvalue weighted by Gasteiger charge is -2.32. The van der Waals surface area contributed by atoms with Gasteiger partial charge in [0.05, 0.1) is 11.2 Å². The first-order valence-electron chi connectivity index (χ1n) is 8.67. The summed E-state index contributed by atoms with van der Waals surface area (Å²) in [5.74, 6) is 0. The molecule has 6 heteroatoms. The van der Waals surface area contributed by atoms with Crippen molar-refractivity contribution in [3.8, 4) is 21.6 Å². The maximum atomic E-state index is 6.31. The normalized spacial score (nSPS) is 18.2. The molecule has 4 nitrogen and oxygen atoms in total. The summed E-state index contributed by atoms with van der Waals surface area (Å²) < 4.78 is 12.6. The minimum atomic E-state index is -0.406. The van der Waals surface area contributed by atoms with Crippen molar-refractivity contribution in [2.75, 3.05) is 0 Å². The van der Waals surface area contributed by atoms with Gasteiger partial charge in [-0.25, -0.2) is 0 Å². The Bertz CT molecular complexity index is 894. The summed E-state index contributed by atoms with van der Waals surface area (Å²) in [7, 11) is -0.406. The molecule has 3 aromatic heterocycles. The fourth-order valence-corrected chi connectivity index (χ4v) is 4.12. The minimum Gasteiger partial charge on any atom is -0.399 e. The van der Waals surface area contributed by atoms with E-state index in [9.17, 15) is 0 Å². The first kappa shape index (κ1) is 17.4. The first-order valence-corrected chi connectivity index (χ1v) is 9.55. The molecular formula is C20H21BN2O2S. The Hall–Kier alpha value is -2.02. The van der Waals surface area contributed by atoms with E-state index in [0.717, 1.165) is 27.0 Å². The summed E-state index contributed by atoms with van der Waals surface area (Å²) in [4.78, 5) is 9.73. The van der Waals surface area contributed by atoms with Gasteiger partial charge in [-0.15, -0.1) is 11.3 Å². The van der Waals surface area contributed by atoms with Crippen LogP contribution in [0.25, 0.3) is 21.6 Å². The van der Waals surface area contributed by atoms with Crippen LogP contribution in [-0.2, 0) is 9.31 Å². The molecule has 0 unspecified atom stereocenters. The van der Waals surface area contributed by atoms with Crippen LogP contribution >= 0.6 is 11.3 Å². The molecule has 1 aliphatic heterocycles. The molecule has 0 N–H and O–H groups in total. The smallest absolute Gasteiger partial charge is 0.399 e. The molecule has 0 aliphatic carbocycles. The van der Waals surface area contributed by atoms with Gasteiger partial charge < -0.3 is 9.31 Å². The molecule has 0 amide bonds. The number of aromatic nitrogens is 2. The molecular weight excluding hydrogens is 343 g/mol. The van der Waals surface area contributed by atoms with Crippen LogP contribution in [0, 0.1) is 0 Å². The van der Waals surface area contributed by atoms with Crippen LogP contribution in [0.5, 0.6) is 0 Å².